The lowest BCUT2D eigenvalue weighted by molar-refractivity contribution is -0.115. The van der Waals surface area contributed by atoms with Crippen LogP contribution in [0.2, 0.25) is 0 Å². The molecule has 6 nitrogen and oxygen atoms in total. The van der Waals surface area contributed by atoms with Crippen molar-refractivity contribution in [2.45, 2.75) is 26.4 Å². The fraction of sp³-hybridized carbons (Fsp3) is 0.160. The molecule has 1 N–H and O–H groups in total. The first-order valence-electron chi connectivity index (χ1n) is 10.3. The van der Waals surface area contributed by atoms with Gasteiger partial charge in [-0.15, -0.1) is 0 Å². The first-order valence-corrected chi connectivity index (χ1v) is 11.1. The van der Waals surface area contributed by atoms with Gasteiger partial charge >= 0.3 is 0 Å². The summed E-state index contributed by atoms with van der Waals surface area (Å²) in [5, 5.41) is 1.97. The summed E-state index contributed by atoms with van der Waals surface area (Å²) in [4.78, 5) is 28.1. The number of hydrogen-bond donors (Lipinski definition) is 1. The van der Waals surface area contributed by atoms with E-state index in [-0.39, 0.29) is 11.1 Å². The highest BCUT2D eigenvalue weighted by atomic mass is 32.2. The zero-order valence-corrected chi connectivity index (χ0v) is 18.2. The molecule has 1 aliphatic heterocycles. The van der Waals surface area contributed by atoms with E-state index in [1.54, 1.807) is 6.08 Å². The molecule has 5 rings (SSSR count). The Morgan fingerprint density at radius 3 is 2.78 bits per heavy atom. The number of nitrogens with zero attached hydrogens (tertiary/aromatic N) is 1. The summed E-state index contributed by atoms with van der Waals surface area (Å²) < 4.78 is 11.8. The average molecular weight is 445 g/mol. The normalized spacial score (nSPS) is 16.7. The number of thioether (sulfide) groups is 1. The van der Waals surface area contributed by atoms with Gasteiger partial charge in [-0.25, -0.2) is 4.98 Å². The Hall–Kier alpha value is -3.58. The molecule has 2 amide bonds. The molecule has 1 fully saturated rings. The molecule has 3 aromatic rings. The van der Waals surface area contributed by atoms with Gasteiger partial charge < -0.3 is 9.15 Å². The Kier molecular flexibility index (Phi) is 5.41. The number of carbonyl (C=O) groups excluding carboxylic acids is 2. The summed E-state index contributed by atoms with van der Waals surface area (Å²) in [7, 11) is 0. The number of imide groups is 1. The van der Waals surface area contributed by atoms with Crippen molar-refractivity contribution < 1.29 is 18.7 Å². The summed E-state index contributed by atoms with van der Waals surface area (Å²) >= 11 is 0.944. The number of oxazole rings is 1. The molecule has 0 saturated carbocycles. The zero-order valence-electron chi connectivity index (χ0n) is 17.4. The van der Waals surface area contributed by atoms with Gasteiger partial charge in [0.05, 0.1) is 4.91 Å². The molecule has 0 atom stereocenters. The van der Waals surface area contributed by atoms with E-state index in [4.69, 9.17) is 9.15 Å². The predicted molar refractivity (Wildman–Crippen MR) is 123 cm³/mol. The fourth-order valence-corrected chi connectivity index (χ4v) is 4.40. The number of rotatable bonds is 5. The Bertz CT molecular complexity index is 1270. The van der Waals surface area contributed by atoms with Crippen LogP contribution in [0.5, 0.6) is 5.75 Å². The minimum Gasteiger partial charge on any atom is -0.487 e. The third-order valence-electron chi connectivity index (χ3n) is 5.39. The molecule has 0 unspecified atom stereocenters. The fourth-order valence-electron chi connectivity index (χ4n) is 3.70. The van der Waals surface area contributed by atoms with Crippen LogP contribution in [0, 0.1) is 6.92 Å². The highest BCUT2D eigenvalue weighted by Gasteiger charge is 2.25. The van der Waals surface area contributed by atoms with Gasteiger partial charge in [0.15, 0.2) is 0 Å². The second kappa shape index (κ2) is 8.51. The molecule has 32 heavy (non-hydrogen) atoms. The van der Waals surface area contributed by atoms with Gasteiger partial charge in [0, 0.05) is 5.56 Å². The van der Waals surface area contributed by atoms with Gasteiger partial charge in [0.2, 0.25) is 5.89 Å². The summed E-state index contributed by atoms with van der Waals surface area (Å²) in [6, 6.07) is 15.8. The molecule has 2 heterocycles. The minimum absolute atomic E-state index is 0.321. The summed E-state index contributed by atoms with van der Waals surface area (Å²) in [5.41, 5.74) is 5.02. The summed E-state index contributed by atoms with van der Waals surface area (Å²) in [6.07, 6.45) is 5.49. The second-order valence-electron chi connectivity index (χ2n) is 7.61. The lowest BCUT2D eigenvalue weighted by Gasteiger charge is -2.16. The van der Waals surface area contributed by atoms with E-state index in [1.807, 2.05) is 55.5 Å². The quantitative estimate of drug-likeness (QED) is 0.529. The van der Waals surface area contributed by atoms with Gasteiger partial charge in [0.25, 0.3) is 11.1 Å². The summed E-state index contributed by atoms with van der Waals surface area (Å²) in [5.74, 6) is 1.79. The molecule has 160 valence electrons. The van der Waals surface area contributed by atoms with Gasteiger partial charge in [-0.1, -0.05) is 30.3 Å². The average Bonchev–Trinajstić information content (AvgIpc) is 3.33. The lowest BCUT2D eigenvalue weighted by Crippen LogP contribution is -2.18. The van der Waals surface area contributed by atoms with Gasteiger partial charge in [-0.2, -0.15) is 0 Å². The zero-order chi connectivity index (χ0) is 22.1. The Balaban J connectivity index is 1.28. The highest BCUT2D eigenvalue weighted by Crippen LogP contribution is 2.32. The molecule has 2 aromatic carbocycles. The minimum atomic E-state index is -0.325. The Morgan fingerprint density at radius 1 is 1.16 bits per heavy atom. The van der Waals surface area contributed by atoms with Crippen molar-refractivity contribution >= 4 is 29.0 Å². The first-order chi connectivity index (χ1) is 15.5. The lowest BCUT2D eigenvalue weighted by atomic mass is 9.92. The number of hydrogen-bond acceptors (Lipinski definition) is 6. The Morgan fingerprint density at radius 2 is 2.00 bits per heavy atom. The number of benzene rings is 2. The van der Waals surface area contributed by atoms with Crippen LogP contribution in [0.25, 0.3) is 17.5 Å². The molecule has 0 radical (unpaired) electrons. The van der Waals surface area contributed by atoms with Crippen molar-refractivity contribution in [3.8, 4) is 17.2 Å². The van der Waals surface area contributed by atoms with Gasteiger partial charge in [-0.05, 0) is 78.6 Å². The number of amides is 2. The van der Waals surface area contributed by atoms with E-state index in [0.717, 1.165) is 58.5 Å². The van der Waals surface area contributed by atoms with Crippen molar-refractivity contribution in [3.05, 3.63) is 87.7 Å². The van der Waals surface area contributed by atoms with Crippen LogP contribution in [-0.4, -0.2) is 16.1 Å². The third-order valence-corrected chi connectivity index (χ3v) is 6.20. The standard InChI is InChI=1S/C25H20N2O4S/c1-15-21(26-24(31-15)17-5-3-2-4-6-17)14-30-20-10-9-18-11-16(7-8-19(18)13-20)12-22-23(28)27-25(29)32-22/h2-6,9-13H,7-8,14H2,1H3,(H,27,28,29). The van der Waals surface area contributed by atoms with Crippen LogP contribution in [0.15, 0.2) is 69.5 Å². The molecular weight excluding hydrogens is 424 g/mol. The first kappa shape index (κ1) is 20.3. The topological polar surface area (TPSA) is 81.4 Å². The van der Waals surface area contributed by atoms with Crippen molar-refractivity contribution in [1.82, 2.24) is 10.3 Å². The molecule has 0 spiro atoms. The van der Waals surface area contributed by atoms with Crippen LogP contribution in [-0.2, 0) is 17.8 Å². The van der Waals surface area contributed by atoms with Crippen molar-refractivity contribution in [2.24, 2.45) is 0 Å². The summed E-state index contributed by atoms with van der Waals surface area (Å²) in [6.45, 7) is 2.22. The molecular formula is C25H20N2O4S. The molecule has 7 heteroatoms. The van der Waals surface area contributed by atoms with E-state index < -0.39 is 0 Å². The molecule has 2 aliphatic rings. The van der Waals surface area contributed by atoms with Crippen LogP contribution in [0.4, 0.5) is 4.79 Å². The maximum Gasteiger partial charge on any atom is 0.290 e. The number of aryl methyl sites for hydroxylation is 2. The van der Waals surface area contributed by atoms with E-state index in [1.165, 1.54) is 5.56 Å². The van der Waals surface area contributed by atoms with E-state index in [9.17, 15) is 9.59 Å². The molecule has 0 bridgehead atoms. The molecule has 1 aliphatic carbocycles. The van der Waals surface area contributed by atoms with Crippen molar-refractivity contribution in [3.63, 3.8) is 0 Å². The Labute approximate surface area is 189 Å². The monoisotopic (exact) mass is 444 g/mol. The number of fused-ring (bicyclic) bond motifs is 1. The van der Waals surface area contributed by atoms with E-state index >= 15 is 0 Å². The second-order valence-corrected chi connectivity index (χ2v) is 8.62. The van der Waals surface area contributed by atoms with Crippen LogP contribution >= 0.6 is 11.8 Å². The molecule has 1 saturated heterocycles. The number of allylic oxidation sites excluding steroid dienone is 2. The maximum atomic E-state index is 11.8. The number of ether oxygens (including phenoxy) is 1. The number of carbonyl (C=O) groups is 2. The maximum absolute atomic E-state index is 11.8. The van der Waals surface area contributed by atoms with Crippen LogP contribution in [0.3, 0.4) is 0 Å². The van der Waals surface area contributed by atoms with Gasteiger partial charge in [0.1, 0.15) is 23.8 Å². The smallest absolute Gasteiger partial charge is 0.290 e. The third kappa shape index (κ3) is 4.24. The molecule has 1 aromatic heterocycles. The largest absolute Gasteiger partial charge is 0.487 e. The number of aromatic nitrogens is 1. The van der Waals surface area contributed by atoms with Crippen LogP contribution in [0.1, 0.15) is 29.0 Å². The SMILES string of the molecule is Cc1oc(-c2ccccc2)nc1COc1ccc2c(c1)CCC(C=C1SC(=O)NC1=O)=C2. The highest BCUT2D eigenvalue weighted by molar-refractivity contribution is 8.18. The predicted octanol–water partition coefficient (Wildman–Crippen LogP) is 5.43. The van der Waals surface area contributed by atoms with E-state index in [0.29, 0.717) is 17.4 Å². The van der Waals surface area contributed by atoms with E-state index in [2.05, 4.69) is 16.4 Å². The van der Waals surface area contributed by atoms with Crippen LogP contribution < -0.4 is 10.1 Å². The van der Waals surface area contributed by atoms with Crippen molar-refractivity contribution in [1.29, 1.82) is 0 Å². The van der Waals surface area contributed by atoms with Gasteiger partial charge in [-0.3, -0.25) is 14.9 Å². The van der Waals surface area contributed by atoms with Crippen molar-refractivity contribution in [2.75, 3.05) is 0 Å². The number of nitrogens with one attached hydrogen (secondary N) is 1.